The van der Waals surface area contributed by atoms with Crippen LogP contribution in [0.15, 0.2) is 23.3 Å². The molecule has 0 aliphatic heterocycles. The van der Waals surface area contributed by atoms with Crippen molar-refractivity contribution in [2.45, 2.75) is 6.92 Å². The molecule has 0 saturated heterocycles. The number of hydrogen-bond acceptors (Lipinski definition) is 3. The molecular formula is C12H19N5S. The molecule has 0 fully saturated rings. The minimum Gasteiger partial charge on any atom is -0.361 e. The van der Waals surface area contributed by atoms with Gasteiger partial charge in [-0.05, 0) is 37.5 Å². The molecule has 0 radical (unpaired) electrons. The number of thiocarbonyl (C=S) groups is 1. The Morgan fingerprint density at radius 2 is 2.39 bits per heavy atom. The lowest BCUT2D eigenvalue weighted by molar-refractivity contribution is 0.851. The van der Waals surface area contributed by atoms with Gasteiger partial charge in [0.25, 0.3) is 0 Å². The molecule has 0 atom stereocenters. The number of nitrogens with two attached hydrogens (primary N) is 1. The molecule has 0 aliphatic rings. The molecule has 0 amide bonds. The summed E-state index contributed by atoms with van der Waals surface area (Å²) in [5.41, 5.74) is 7.53. The van der Waals surface area contributed by atoms with Gasteiger partial charge in [-0.2, -0.15) is 0 Å². The van der Waals surface area contributed by atoms with Crippen LogP contribution in [0.3, 0.4) is 0 Å². The Hall–Kier alpha value is -1.66. The maximum absolute atomic E-state index is 5.39. The van der Waals surface area contributed by atoms with Crippen molar-refractivity contribution in [3.05, 3.63) is 23.9 Å². The number of nitrogens with zero attached hydrogens (tertiary/aromatic N) is 1. The summed E-state index contributed by atoms with van der Waals surface area (Å²) in [5.74, 6) is 0.769. The number of hydrogen-bond donors (Lipinski definition) is 4. The van der Waals surface area contributed by atoms with Gasteiger partial charge in [-0.1, -0.05) is 6.08 Å². The van der Waals surface area contributed by atoms with Crippen LogP contribution in [0, 0.1) is 0 Å². The van der Waals surface area contributed by atoms with Gasteiger partial charge in [0.2, 0.25) is 0 Å². The summed E-state index contributed by atoms with van der Waals surface area (Å²) < 4.78 is 0. The number of aliphatic imine (C=N–C) groups is 1. The van der Waals surface area contributed by atoms with Gasteiger partial charge in [-0.25, -0.2) is 4.99 Å². The molecule has 0 aliphatic carbocycles. The smallest absolute Gasteiger partial charge is 0.166 e. The zero-order chi connectivity index (χ0) is 13.4. The van der Waals surface area contributed by atoms with Crippen LogP contribution < -0.4 is 16.4 Å². The predicted octanol–water partition coefficient (Wildman–Crippen LogP) is 1.17. The van der Waals surface area contributed by atoms with E-state index < -0.39 is 0 Å². The van der Waals surface area contributed by atoms with Crippen molar-refractivity contribution in [2.75, 3.05) is 19.6 Å². The van der Waals surface area contributed by atoms with E-state index in [4.69, 9.17) is 18.0 Å². The van der Waals surface area contributed by atoms with Gasteiger partial charge in [0.1, 0.15) is 5.82 Å². The predicted molar refractivity (Wildman–Crippen MR) is 81.3 cm³/mol. The van der Waals surface area contributed by atoms with E-state index in [0.717, 1.165) is 17.0 Å². The van der Waals surface area contributed by atoms with Gasteiger partial charge in [-0.3, -0.25) is 0 Å². The zero-order valence-corrected chi connectivity index (χ0v) is 11.3. The first-order valence-electron chi connectivity index (χ1n) is 5.74. The highest BCUT2D eigenvalue weighted by molar-refractivity contribution is 7.80. The van der Waals surface area contributed by atoms with E-state index in [1.54, 1.807) is 0 Å². The van der Waals surface area contributed by atoms with Gasteiger partial charge in [0.15, 0.2) is 5.11 Å². The molecule has 0 aromatic carbocycles. The van der Waals surface area contributed by atoms with Crippen molar-refractivity contribution in [1.29, 1.82) is 0 Å². The van der Waals surface area contributed by atoms with Crippen LogP contribution >= 0.6 is 12.2 Å². The minimum absolute atomic E-state index is 0.556. The highest BCUT2D eigenvalue weighted by Crippen LogP contribution is 2.23. The van der Waals surface area contributed by atoms with Gasteiger partial charge in [0, 0.05) is 31.4 Å². The maximum Gasteiger partial charge on any atom is 0.166 e. The van der Waals surface area contributed by atoms with Gasteiger partial charge in [-0.15, -0.1) is 0 Å². The Labute approximate surface area is 113 Å². The monoisotopic (exact) mass is 265 g/mol. The summed E-state index contributed by atoms with van der Waals surface area (Å²) >= 11 is 5.13. The summed E-state index contributed by atoms with van der Waals surface area (Å²) in [4.78, 5) is 6.97. The molecule has 98 valence electrons. The zero-order valence-electron chi connectivity index (χ0n) is 10.5. The average molecular weight is 265 g/mol. The summed E-state index contributed by atoms with van der Waals surface area (Å²) in [6.07, 6.45) is 3.87. The molecule has 6 heteroatoms. The van der Waals surface area contributed by atoms with Crippen LogP contribution in [-0.4, -0.2) is 36.4 Å². The van der Waals surface area contributed by atoms with E-state index in [-0.39, 0.29) is 0 Å². The number of H-pyrrole nitrogens is 1. The highest BCUT2D eigenvalue weighted by Gasteiger charge is 2.07. The number of aromatic amines is 1. The van der Waals surface area contributed by atoms with Gasteiger partial charge in [0.05, 0.1) is 0 Å². The Morgan fingerprint density at radius 1 is 1.61 bits per heavy atom. The van der Waals surface area contributed by atoms with Crippen LogP contribution in [0.4, 0.5) is 5.82 Å². The number of allylic oxidation sites excluding steroid dienone is 1. The average Bonchev–Trinajstić information content (AvgIpc) is 2.85. The lowest BCUT2D eigenvalue weighted by Crippen LogP contribution is -2.38. The SMILES string of the molecule is C=Nc1[nH]ccc1/C(=C\C)CNC(=S)NCCN. The number of rotatable bonds is 6. The molecule has 0 bridgehead atoms. The van der Waals surface area contributed by atoms with Crippen molar-refractivity contribution >= 4 is 35.4 Å². The Morgan fingerprint density at radius 3 is 3.00 bits per heavy atom. The quantitative estimate of drug-likeness (QED) is 0.460. The lowest BCUT2D eigenvalue weighted by atomic mass is 10.1. The van der Waals surface area contributed by atoms with E-state index in [1.165, 1.54) is 0 Å². The third-order valence-corrected chi connectivity index (χ3v) is 2.74. The van der Waals surface area contributed by atoms with Crippen LogP contribution in [0.2, 0.25) is 0 Å². The third kappa shape index (κ3) is 3.97. The molecule has 1 heterocycles. The summed E-state index contributed by atoms with van der Waals surface area (Å²) in [7, 11) is 0. The fraction of sp³-hybridized carbons (Fsp3) is 0.333. The molecule has 0 saturated carbocycles. The van der Waals surface area contributed by atoms with Crippen LogP contribution in [0.1, 0.15) is 12.5 Å². The van der Waals surface area contributed by atoms with E-state index in [2.05, 4.69) is 27.3 Å². The molecule has 0 unspecified atom stereocenters. The normalized spacial score (nSPS) is 11.1. The first kappa shape index (κ1) is 14.4. The third-order valence-electron chi connectivity index (χ3n) is 2.45. The molecular weight excluding hydrogens is 246 g/mol. The highest BCUT2D eigenvalue weighted by atomic mass is 32.1. The summed E-state index contributed by atoms with van der Waals surface area (Å²) in [5, 5.41) is 6.74. The minimum atomic E-state index is 0.556. The second-order valence-electron chi connectivity index (χ2n) is 3.61. The van der Waals surface area contributed by atoms with Crippen LogP contribution in [-0.2, 0) is 0 Å². The Bertz CT molecular complexity index is 435. The van der Waals surface area contributed by atoms with Crippen molar-refractivity contribution < 1.29 is 0 Å². The molecule has 0 spiro atoms. The van der Waals surface area contributed by atoms with Crippen molar-refractivity contribution in [1.82, 2.24) is 15.6 Å². The van der Waals surface area contributed by atoms with Gasteiger partial charge >= 0.3 is 0 Å². The molecule has 5 nitrogen and oxygen atoms in total. The van der Waals surface area contributed by atoms with Crippen LogP contribution in [0.5, 0.6) is 0 Å². The Kier molecular flexibility index (Phi) is 6.10. The van der Waals surface area contributed by atoms with E-state index >= 15 is 0 Å². The van der Waals surface area contributed by atoms with E-state index in [0.29, 0.717) is 24.7 Å². The molecule has 18 heavy (non-hydrogen) atoms. The number of nitrogens with one attached hydrogen (secondary N) is 3. The molecule has 5 N–H and O–H groups in total. The van der Waals surface area contributed by atoms with Crippen LogP contribution in [0.25, 0.3) is 5.57 Å². The van der Waals surface area contributed by atoms with Crippen molar-refractivity contribution in [3.63, 3.8) is 0 Å². The fourth-order valence-electron chi connectivity index (χ4n) is 1.53. The summed E-state index contributed by atoms with van der Waals surface area (Å²) in [6, 6.07) is 1.97. The maximum atomic E-state index is 5.39. The standard InChI is InChI=1S/C12H19N5S/c1-3-9(8-17-12(18)16-7-5-13)10-4-6-15-11(10)14-2/h3-4,6,15H,2,5,7-8,13H2,1H3,(H2,16,17,18)/b9-3-. The summed E-state index contributed by atoms with van der Waals surface area (Å²) in [6.45, 7) is 7.37. The lowest BCUT2D eigenvalue weighted by Gasteiger charge is -2.11. The van der Waals surface area contributed by atoms with Gasteiger partial charge < -0.3 is 21.4 Å². The molecule has 1 aromatic rings. The molecule has 1 rings (SSSR count). The second kappa shape index (κ2) is 7.62. The Balaban J connectivity index is 2.59. The molecule has 1 aromatic heterocycles. The second-order valence-corrected chi connectivity index (χ2v) is 4.02. The van der Waals surface area contributed by atoms with Crippen molar-refractivity contribution in [2.24, 2.45) is 10.7 Å². The van der Waals surface area contributed by atoms with E-state index in [1.807, 2.05) is 25.3 Å². The fourth-order valence-corrected chi connectivity index (χ4v) is 1.70. The largest absolute Gasteiger partial charge is 0.361 e. The number of aromatic nitrogens is 1. The first-order valence-corrected chi connectivity index (χ1v) is 6.15. The van der Waals surface area contributed by atoms with E-state index in [9.17, 15) is 0 Å². The first-order chi connectivity index (χ1) is 8.72. The topological polar surface area (TPSA) is 78.2 Å². The van der Waals surface area contributed by atoms with Crippen molar-refractivity contribution in [3.8, 4) is 0 Å².